The quantitative estimate of drug-likeness (QED) is 0.895. The highest BCUT2D eigenvalue weighted by Gasteiger charge is 2.45. The second-order valence-electron chi connectivity index (χ2n) is 5.83. The Labute approximate surface area is 144 Å². The van der Waals surface area contributed by atoms with Gasteiger partial charge in [-0.3, -0.25) is 4.79 Å². The molecule has 0 bridgehead atoms. The number of hydrogen-bond donors (Lipinski definition) is 1. The number of likely N-dealkylation sites (tertiary alicyclic amines) is 1. The van der Waals surface area contributed by atoms with Crippen molar-refractivity contribution in [2.24, 2.45) is 0 Å². The molecule has 3 rings (SSSR count). The van der Waals surface area contributed by atoms with E-state index >= 15 is 0 Å². The molecular weight excluding hydrogens is 326 g/mol. The lowest BCUT2D eigenvalue weighted by Gasteiger charge is -2.38. The van der Waals surface area contributed by atoms with E-state index in [9.17, 15) is 14.7 Å². The minimum atomic E-state index is -1.33. The molecule has 1 aliphatic heterocycles. The predicted molar refractivity (Wildman–Crippen MR) is 87.8 cm³/mol. The third-order valence-electron chi connectivity index (χ3n) is 4.30. The number of hydrogen-bond acceptors (Lipinski definition) is 5. The summed E-state index contributed by atoms with van der Waals surface area (Å²) in [7, 11) is 1.45. The Bertz CT molecular complexity index is 746. The van der Waals surface area contributed by atoms with Crippen molar-refractivity contribution >= 4 is 11.9 Å². The summed E-state index contributed by atoms with van der Waals surface area (Å²) in [4.78, 5) is 25.8. The smallest absolute Gasteiger partial charge is 0.348 e. The van der Waals surface area contributed by atoms with Gasteiger partial charge in [0.15, 0.2) is 5.76 Å². The molecule has 1 aromatic carbocycles. The Morgan fingerprint density at radius 3 is 2.36 bits per heavy atom. The fraction of sp³-hybridized carbons (Fsp3) is 0.333. The van der Waals surface area contributed by atoms with Gasteiger partial charge in [0.05, 0.1) is 7.11 Å². The minimum Gasteiger partial charge on any atom is -0.478 e. The number of carboxylic acid groups (broad SMARTS) is 1. The van der Waals surface area contributed by atoms with Gasteiger partial charge in [-0.1, -0.05) is 18.2 Å². The number of nitrogens with zero attached hydrogens (tertiary/aromatic N) is 1. The Morgan fingerprint density at radius 1 is 1.12 bits per heavy atom. The van der Waals surface area contributed by atoms with E-state index in [1.54, 1.807) is 41.3 Å². The van der Waals surface area contributed by atoms with Crippen molar-refractivity contribution in [1.82, 2.24) is 4.90 Å². The number of carbonyl (C=O) groups excluding carboxylic acids is 1. The Hall–Kier alpha value is -2.96. The molecular formula is C18H19NO6. The lowest BCUT2D eigenvalue weighted by molar-refractivity contribution is -0.159. The van der Waals surface area contributed by atoms with E-state index in [2.05, 4.69) is 0 Å². The van der Waals surface area contributed by atoms with Crippen LogP contribution in [0.15, 0.2) is 46.9 Å². The summed E-state index contributed by atoms with van der Waals surface area (Å²) < 4.78 is 16.0. The summed E-state index contributed by atoms with van der Waals surface area (Å²) >= 11 is 0. The highest BCUT2D eigenvalue weighted by atomic mass is 16.6. The van der Waals surface area contributed by atoms with E-state index < -0.39 is 11.6 Å². The molecule has 1 N–H and O–H groups in total. The third kappa shape index (κ3) is 3.45. The average molecular weight is 345 g/mol. The summed E-state index contributed by atoms with van der Waals surface area (Å²) in [6.45, 7) is 0.530. The van der Waals surface area contributed by atoms with E-state index in [0.717, 1.165) is 0 Å². The molecule has 1 fully saturated rings. The average Bonchev–Trinajstić information content (AvgIpc) is 3.11. The van der Waals surface area contributed by atoms with E-state index in [1.165, 1.54) is 7.11 Å². The van der Waals surface area contributed by atoms with Crippen molar-refractivity contribution in [1.29, 1.82) is 0 Å². The molecule has 1 saturated heterocycles. The fourth-order valence-corrected chi connectivity index (χ4v) is 2.85. The largest absolute Gasteiger partial charge is 0.478 e. The van der Waals surface area contributed by atoms with Crippen molar-refractivity contribution < 1.29 is 28.6 Å². The number of furan rings is 1. The molecule has 0 spiro atoms. The number of ether oxygens (including phenoxy) is 2. The highest BCUT2D eigenvalue weighted by Crippen LogP contribution is 2.30. The zero-order valence-electron chi connectivity index (χ0n) is 13.8. The summed E-state index contributed by atoms with van der Waals surface area (Å²) in [5.74, 6) is -0.387. The monoisotopic (exact) mass is 345 g/mol. The van der Waals surface area contributed by atoms with Gasteiger partial charge in [0.1, 0.15) is 5.75 Å². The van der Waals surface area contributed by atoms with Gasteiger partial charge >= 0.3 is 5.97 Å². The van der Waals surface area contributed by atoms with Crippen molar-refractivity contribution in [2.45, 2.75) is 18.4 Å². The number of carbonyl (C=O) groups is 2. The Kier molecular flexibility index (Phi) is 4.65. The normalized spacial score (nSPS) is 16.3. The van der Waals surface area contributed by atoms with Crippen LogP contribution < -0.4 is 9.47 Å². The fourth-order valence-electron chi connectivity index (χ4n) is 2.85. The number of carboxylic acids is 1. The molecule has 1 amide bonds. The number of aliphatic carboxylic acids is 1. The summed E-state index contributed by atoms with van der Waals surface area (Å²) in [5, 5.41) is 9.66. The van der Waals surface area contributed by atoms with E-state index in [4.69, 9.17) is 13.9 Å². The van der Waals surface area contributed by atoms with Gasteiger partial charge < -0.3 is 23.9 Å². The second kappa shape index (κ2) is 6.88. The van der Waals surface area contributed by atoms with Crippen molar-refractivity contribution in [3.63, 3.8) is 0 Å². The first-order chi connectivity index (χ1) is 12.0. The SMILES string of the molecule is COc1ccc(C(=O)N2CCC(Oc3ccccc3)(C(=O)O)CC2)o1. The van der Waals surface area contributed by atoms with Crippen LogP contribution in [-0.4, -0.2) is 47.7 Å². The third-order valence-corrected chi connectivity index (χ3v) is 4.30. The lowest BCUT2D eigenvalue weighted by atomic mass is 9.91. The van der Waals surface area contributed by atoms with Gasteiger partial charge in [-0.25, -0.2) is 4.79 Å². The maximum absolute atomic E-state index is 12.5. The van der Waals surface area contributed by atoms with Gasteiger partial charge in [0.2, 0.25) is 5.60 Å². The first-order valence-electron chi connectivity index (χ1n) is 7.95. The summed E-state index contributed by atoms with van der Waals surface area (Å²) in [5.41, 5.74) is -1.33. The standard InChI is InChI=1S/C18H19NO6/c1-23-15-8-7-14(24-15)16(20)19-11-9-18(10-12-19,17(21)22)25-13-5-3-2-4-6-13/h2-8H,9-12H2,1H3,(H,21,22). The van der Waals surface area contributed by atoms with Crippen LogP contribution in [0.2, 0.25) is 0 Å². The number of methoxy groups -OCH3 is 1. The Balaban J connectivity index is 1.69. The molecule has 0 aliphatic carbocycles. The van der Waals surface area contributed by atoms with E-state index in [0.29, 0.717) is 5.75 Å². The van der Waals surface area contributed by atoms with Crippen molar-refractivity contribution in [3.8, 4) is 11.7 Å². The lowest BCUT2D eigenvalue weighted by Crippen LogP contribution is -2.54. The van der Waals surface area contributed by atoms with Crippen LogP contribution >= 0.6 is 0 Å². The van der Waals surface area contributed by atoms with Crippen LogP contribution in [0.25, 0.3) is 0 Å². The summed E-state index contributed by atoms with van der Waals surface area (Å²) in [6.07, 6.45) is 0.390. The minimum absolute atomic E-state index is 0.170. The highest BCUT2D eigenvalue weighted by molar-refractivity contribution is 5.92. The van der Waals surface area contributed by atoms with E-state index in [-0.39, 0.29) is 43.5 Å². The Morgan fingerprint density at radius 2 is 1.80 bits per heavy atom. The van der Waals surface area contributed by atoms with Gasteiger partial charge in [0, 0.05) is 32.0 Å². The molecule has 0 atom stereocenters. The van der Waals surface area contributed by atoms with Gasteiger partial charge in [-0.05, 0) is 18.2 Å². The number of para-hydroxylation sites is 1. The molecule has 1 aliphatic rings. The molecule has 2 aromatic rings. The van der Waals surface area contributed by atoms with Crippen LogP contribution in [0.1, 0.15) is 23.4 Å². The molecule has 0 unspecified atom stereocenters. The van der Waals surface area contributed by atoms with Crippen LogP contribution in [0.3, 0.4) is 0 Å². The maximum atomic E-state index is 12.5. The number of benzene rings is 1. The molecule has 1 aromatic heterocycles. The topological polar surface area (TPSA) is 89.2 Å². The van der Waals surface area contributed by atoms with E-state index in [1.807, 2.05) is 6.07 Å². The van der Waals surface area contributed by atoms with Crippen molar-refractivity contribution in [2.75, 3.05) is 20.2 Å². The number of amides is 1. The molecule has 132 valence electrons. The molecule has 0 saturated carbocycles. The van der Waals surface area contributed by atoms with Crippen LogP contribution in [0, 0.1) is 0 Å². The number of rotatable bonds is 5. The number of piperidine rings is 1. The molecule has 0 radical (unpaired) electrons. The van der Waals surface area contributed by atoms with Crippen molar-refractivity contribution in [3.05, 3.63) is 48.2 Å². The van der Waals surface area contributed by atoms with Gasteiger partial charge in [0.25, 0.3) is 11.9 Å². The molecule has 25 heavy (non-hydrogen) atoms. The molecule has 7 nitrogen and oxygen atoms in total. The predicted octanol–water partition coefficient (Wildman–Crippen LogP) is 2.43. The van der Waals surface area contributed by atoms with Gasteiger partial charge in [-0.15, -0.1) is 0 Å². The van der Waals surface area contributed by atoms with Crippen LogP contribution in [0.5, 0.6) is 11.7 Å². The first-order valence-corrected chi connectivity index (χ1v) is 7.95. The van der Waals surface area contributed by atoms with Crippen LogP contribution in [-0.2, 0) is 4.79 Å². The van der Waals surface area contributed by atoms with Gasteiger partial charge in [-0.2, -0.15) is 0 Å². The first kappa shape index (κ1) is 16.9. The second-order valence-corrected chi connectivity index (χ2v) is 5.83. The zero-order valence-corrected chi connectivity index (χ0v) is 13.8. The summed E-state index contributed by atoms with van der Waals surface area (Å²) in [6, 6.07) is 12.0. The van der Waals surface area contributed by atoms with Crippen LogP contribution in [0.4, 0.5) is 0 Å². The molecule has 2 heterocycles. The maximum Gasteiger partial charge on any atom is 0.348 e. The molecule has 7 heteroatoms. The zero-order chi connectivity index (χ0) is 17.9.